The van der Waals surface area contributed by atoms with Crippen LogP contribution in [0.1, 0.15) is 33.9 Å². The molecular weight excluding hydrogens is 578 g/mol. The van der Waals surface area contributed by atoms with Crippen molar-refractivity contribution in [2.75, 3.05) is 4.90 Å². The van der Waals surface area contributed by atoms with Gasteiger partial charge in [0, 0.05) is 19.9 Å². The van der Waals surface area contributed by atoms with Crippen molar-refractivity contribution in [2.45, 2.75) is 33.4 Å². The van der Waals surface area contributed by atoms with Gasteiger partial charge in [0.25, 0.3) is 0 Å². The van der Waals surface area contributed by atoms with Crippen LogP contribution < -0.4 is 19.0 Å². The average Bonchev–Trinajstić information content (AvgIpc) is 3.78. The standard InChI is InChI=1S/C41H31N5O/c1-24-23-25(2)45-41-38-32(42-31-13-8-9-16-35(31)47-36-22-21-34(43(24)45)39(41)40(36)42)14-10-15-33(38)44-26(3)37(27(4)46(41)44)30-19-17-29(18-20-30)28-11-6-5-7-12-28/h5-23H,1-4H3/q+2. The Hall–Kier alpha value is -5.88. The van der Waals surface area contributed by atoms with Crippen molar-refractivity contribution < 1.29 is 14.1 Å². The molecule has 0 N–H and O–H groups in total. The second-order valence-corrected chi connectivity index (χ2v) is 13.2. The topological polar surface area (TPSA) is 30.1 Å². The maximum atomic E-state index is 6.70. The highest BCUT2D eigenvalue weighted by molar-refractivity contribution is 5.96. The van der Waals surface area contributed by atoms with Crippen molar-refractivity contribution in [3.8, 4) is 45.1 Å². The van der Waals surface area contributed by atoms with Gasteiger partial charge in [-0.1, -0.05) is 72.8 Å². The van der Waals surface area contributed by atoms with E-state index >= 15 is 0 Å². The molecule has 5 aromatic carbocycles. The fourth-order valence-corrected chi connectivity index (χ4v) is 9.25. The van der Waals surface area contributed by atoms with Crippen LogP contribution in [0.3, 0.4) is 0 Å². The highest BCUT2D eigenvalue weighted by Crippen LogP contribution is 2.63. The van der Waals surface area contributed by atoms with E-state index in [0.717, 1.165) is 22.9 Å². The number of hydrogen-bond acceptors (Lipinski definition) is 2. The van der Waals surface area contributed by atoms with E-state index in [-0.39, 0.29) is 0 Å². The van der Waals surface area contributed by atoms with Gasteiger partial charge in [-0.15, -0.1) is 9.36 Å². The summed E-state index contributed by atoms with van der Waals surface area (Å²) in [5.74, 6) is 1.76. The van der Waals surface area contributed by atoms with Crippen molar-refractivity contribution in [3.63, 3.8) is 0 Å². The summed E-state index contributed by atoms with van der Waals surface area (Å²) >= 11 is 0. The van der Waals surface area contributed by atoms with Gasteiger partial charge in [-0.05, 0) is 76.3 Å². The Morgan fingerprint density at radius 2 is 1.23 bits per heavy atom. The van der Waals surface area contributed by atoms with Gasteiger partial charge in [-0.3, -0.25) is 0 Å². The minimum atomic E-state index is -0.645. The van der Waals surface area contributed by atoms with E-state index < -0.39 is 5.66 Å². The molecule has 0 radical (unpaired) electrons. The molecule has 0 amide bonds. The molecule has 1 atom stereocenters. The molecule has 6 heteroatoms. The predicted molar refractivity (Wildman–Crippen MR) is 182 cm³/mol. The van der Waals surface area contributed by atoms with Gasteiger partial charge >= 0.3 is 5.66 Å². The van der Waals surface area contributed by atoms with Gasteiger partial charge < -0.3 is 9.64 Å². The summed E-state index contributed by atoms with van der Waals surface area (Å²) < 4.78 is 16.7. The Labute approximate surface area is 272 Å². The van der Waals surface area contributed by atoms with E-state index in [1.165, 1.54) is 73.2 Å². The first kappa shape index (κ1) is 25.3. The first-order valence-electron chi connectivity index (χ1n) is 16.3. The number of rotatable bonds is 2. The molecule has 11 rings (SSSR count). The molecule has 1 spiro atoms. The van der Waals surface area contributed by atoms with Crippen LogP contribution in [0.5, 0.6) is 11.5 Å². The Morgan fingerprint density at radius 1 is 0.553 bits per heavy atom. The number of aryl methyl sites for hydroxylation is 2. The second-order valence-electron chi connectivity index (χ2n) is 13.2. The molecule has 1 unspecified atom stereocenters. The summed E-state index contributed by atoms with van der Waals surface area (Å²) in [6.07, 6.45) is 0. The zero-order valence-electron chi connectivity index (χ0n) is 26.6. The fraction of sp³-hybridized carbons (Fsp3) is 0.122. The molecule has 6 nitrogen and oxygen atoms in total. The number of hydrogen-bond donors (Lipinski definition) is 0. The van der Waals surface area contributed by atoms with Crippen LogP contribution in [0.2, 0.25) is 0 Å². The molecule has 0 aliphatic carbocycles. The Morgan fingerprint density at radius 3 is 2.06 bits per heavy atom. The molecule has 0 fully saturated rings. The third kappa shape index (κ3) is 2.73. The van der Waals surface area contributed by atoms with E-state index in [1.807, 2.05) is 0 Å². The molecule has 0 bridgehead atoms. The van der Waals surface area contributed by atoms with Crippen molar-refractivity contribution >= 4 is 17.1 Å². The molecule has 7 aromatic rings. The highest BCUT2D eigenvalue weighted by Gasteiger charge is 2.75. The third-order valence-corrected chi connectivity index (χ3v) is 10.8. The van der Waals surface area contributed by atoms with Crippen molar-refractivity contribution in [2.24, 2.45) is 0 Å². The van der Waals surface area contributed by atoms with Gasteiger partial charge in [-0.2, -0.15) is 0 Å². The van der Waals surface area contributed by atoms with Crippen molar-refractivity contribution in [3.05, 3.63) is 149 Å². The molecule has 4 aliphatic rings. The van der Waals surface area contributed by atoms with Gasteiger partial charge in [0.2, 0.25) is 11.4 Å². The molecule has 224 valence electrons. The largest absolute Gasteiger partial charge is 0.466 e. The SMILES string of the molecule is Cc1cc(C)[n+]2n1-c1ccc3c4c1C21c2c(cccc2-n2c(C)c(-c5ccc(-c6ccccc6)cc5)c(C)[n+]21)N4c1ccccc1O3. The molecule has 6 heterocycles. The minimum absolute atomic E-state index is 0.645. The van der Waals surface area contributed by atoms with Crippen molar-refractivity contribution in [1.29, 1.82) is 0 Å². The lowest BCUT2D eigenvalue weighted by molar-refractivity contribution is -1.02. The Balaban J connectivity index is 1.26. The molecule has 2 aromatic heterocycles. The smallest absolute Gasteiger partial charge is 0.453 e. The number of ether oxygens (including phenoxy) is 1. The molecular formula is C41H31N5O+2. The zero-order valence-corrected chi connectivity index (χ0v) is 26.6. The zero-order chi connectivity index (χ0) is 31.3. The number of fused-ring (bicyclic) bond motifs is 7. The van der Waals surface area contributed by atoms with Crippen LogP contribution >= 0.6 is 0 Å². The number of anilines is 3. The Kier molecular flexibility index (Phi) is 4.46. The quantitative estimate of drug-likeness (QED) is 0.185. The average molecular weight is 610 g/mol. The normalized spacial score (nSPS) is 16.7. The van der Waals surface area contributed by atoms with Crippen molar-refractivity contribution in [1.82, 2.24) is 9.36 Å². The third-order valence-electron chi connectivity index (χ3n) is 10.8. The van der Waals surface area contributed by atoms with E-state index in [4.69, 9.17) is 4.74 Å². The lowest BCUT2D eigenvalue weighted by Crippen LogP contribution is -2.76. The predicted octanol–water partition coefficient (Wildman–Crippen LogP) is 8.22. The van der Waals surface area contributed by atoms with Gasteiger partial charge in [0.05, 0.1) is 28.3 Å². The van der Waals surface area contributed by atoms with E-state index in [2.05, 4.69) is 167 Å². The lowest BCUT2D eigenvalue weighted by Gasteiger charge is -2.38. The van der Waals surface area contributed by atoms with Crippen LogP contribution in [0.4, 0.5) is 17.1 Å². The van der Waals surface area contributed by atoms with Gasteiger partial charge in [0.1, 0.15) is 17.1 Å². The van der Waals surface area contributed by atoms with Crippen LogP contribution in [0.25, 0.3) is 33.6 Å². The summed E-state index contributed by atoms with van der Waals surface area (Å²) in [6.45, 7) is 9.04. The first-order chi connectivity index (χ1) is 23.0. The Bertz CT molecular complexity index is 2540. The van der Waals surface area contributed by atoms with Gasteiger partial charge in [0.15, 0.2) is 22.6 Å². The van der Waals surface area contributed by atoms with Crippen LogP contribution in [-0.4, -0.2) is 9.36 Å². The first-order valence-corrected chi connectivity index (χ1v) is 16.3. The monoisotopic (exact) mass is 609 g/mol. The summed E-state index contributed by atoms with van der Waals surface area (Å²) in [5, 5.41) is 0. The highest BCUT2D eigenvalue weighted by atomic mass is 16.5. The maximum Gasteiger partial charge on any atom is 0.466 e. The molecule has 4 aliphatic heterocycles. The molecule has 0 saturated heterocycles. The fourth-order valence-electron chi connectivity index (χ4n) is 9.25. The second kappa shape index (κ2) is 8.28. The summed E-state index contributed by atoms with van der Waals surface area (Å²) in [4.78, 5) is 2.45. The number of para-hydroxylation sites is 2. The summed E-state index contributed by atoms with van der Waals surface area (Å²) in [7, 11) is 0. The van der Waals surface area contributed by atoms with E-state index in [9.17, 15) is 0 Å². The van der Waals surface area contributed by atoms with Crippen LogP contribution in [0.15, 0.2) is 115 Å². The van der Waals surface area contributed by atoms with E-state index in [0.29, 0.717) is 0 Å². The molecule has 47 heavy (non-hydrogen) atoms. The number of nitrogens with zero attached hydrogens (tertiary/aromatic N) is 5. The number of benzene rings is 5. The summed E-state index contributed by atoms with van der Waals surface area (Å²) in [5.41, 5.74) is 17.5. The van der Waals surface area contributed by atoms with Gasteiger partial charge in [-0.25, -0.2) is 0 Å². The number of aromatic nitrogens is 4. The summed E-state index contributed by atoms with van der Waals surface area (Å²) in [6, 6.07) is 41.6. The van der Waals surface area contributed by atoms with Crippen LogP contribution in [0, 0.1) is 27.7 Å². The minimum Gasteiger partial charge on any atom is -0.453 e. The lowest BCUT2D eigenvalue weighted by atomic mass is 9.82. The molecule has 0 saturated carbocycles. The van der Waals surface area contributed by atoms with Crippen LogP contribution in [-0.2, 0) is 5.66 Å². The maximum absolute atomic E-state index is 6.70. The van der Waals surface area contributed by atoms with E-state index in [1.54, 1.807) is 0 Å².